The fourth-order valence-corrected chi connectivity index (χ4v) is 6.14. The minimum atomic E-state index is -5.75. The third-order valence-electron chi connectivity index (χ3n) is 7.69. The minimum Gasteiger partial charge on any atom is -0.407 e. The Balaban J connectivity index is 2.23. The van der Waals surface area contributed by atoms with Crippen LogP contribution >= 0.6 is 0 Å². The van der Waals surface area contributed by atoms with E-state index < -0.39 is 59.2 Å². The molecule has 0 N–H and O–H groups in total. The molecular weight excluding hydrogens is 491 g/mol. The zero-order valence-electron chi connectivity index (χ0n) is 21.1. The first-order valence-corrected chi connectivity index (χ1v) is 15.6. The molecule has 0 aromatic heterocycles. The number of hydrogen-bond acceptors (Lipinski definition) is 5. The predicted molar refractivity (Wildman–Crippen MR) is 125 cm³/mol. The lowest BCUT2D eigenvalue weighted by Gasteiger charge is -2.39. The Kier molecular flexibility index (Phi) is 6.52. The Labute approximate surface area is 200 Å². The van der Waals surface area contributed by atoms with Gasteiger partial charge >= 0.3 is 12.6 Å². The lowest BCUT2D eigenvalue weighted by molar-refractivity contribution is -0.0437. The molecule has 2 atom stereocenters. The third-order valence-corrected chi connectivity index (χ3v) is 13.7. The molecule has 1 heterocycles. The summed E-state index contributed by atoms with van der Waals surface area (Å²) in [6, 6.07) is 2.11. The van der Waals surface area contributed by atoms with E-state index in [0.717, 1.165) is 6.07 Å². The minimum absolute atomic E-state index is 0.139. The molecule has 5 nitrogen and oxygen atoms in total. The number of rotatable bonds is 4. The van der Waals surface area contributed by atoms with Crippen molar-refractivity contribution in [1.29, 1.82) is 0 Å². The van der Waals surface area contributed by atoms with Crippen molar-refractivity contribution in [1.82, 2.24) is 0 Å². The second-order valence-electron chi connectivity index (χ2n) is 11.6. The van der Waals surface area contributed by atoms with Gasteiger partial charge < -0.3 is 13.7 Å². The molecule has 0 saturated carbocycles. The molecule has 1 fully saturated rings. The average Bonchev–Trinajstić information content (AvgIpc) is 3.04. The smallest absolute Gasteiger partial charge is 0.407 e. The van der Waals surface area contributed by atoms with E-state index in [2.05, 4.69) is 0 Å². The van der Waals surface area contributed by atoms with E-state index in [9.17, 15) is 21.6 Å². The maximum Gasteiger partial charge on any atom is 0.501 e. The summed E-state index contributed by atoms with van der Waals surface area (Å²) >= 11 is 0. The van der Waals surface area contributed by atoms with E-state index in [-0.39, 0.29) is 22.6 Å². The monoisotopic (exact) mass is 524 g/mol. The number of hydrogen-bond donors (Lipinski definition) is 0. The van der Waals surface area contributed by atoms with E-state index in [1.165, 1.54) is 6.07 Å². The van der Waals surface area contributed by atoms with Gasteiger partial charge in [-0.25, -0.2) is 12.8 Å². The van der Waals surface area contributed by atoms with Crippen molar-refractivity contribution in [2.24, 2.45) is 0 Å². The molecule has 192 valence electrons. The fourth-order valence-electron chi connectivity index (χ4n) is 3.86. The molecule has 0 amide bonds. The van der Waals surface area contributed by atoms with Crippen LogP contribution in [0.3, 0.4) is 0 Å². The summed E-state index contributed by atoms with van der Waals surface area (Å²) in [5.74, 6) is 0. The van der Waals surface area contributed by atoms with Gasteiger partial charge in [0.2, 0.25) is 0 Å². The summed E-state index contributed by atoms with van der Waals surface area (Å²) in [4.78, 5) is -0.973. The number of fused-ring (bicyclic) bond motifs is 1. The summed E-state index contributed by atoms with van der Waals surface area (Å²) in [7, 11) is -9.42. The summed E-state index contributed by atoms with van der Waals surface area (Å²) in [5.41, 5.74) is -6.85. The van der Waals surface area contributed by atoms with Crippen LogP contribution in [-0.2, 0) is 30.0 Å². The van der Waals surface area contributed by atoms with Gasteiger partial charge in [0.05, 0.1) is 16.1 Å². The van der Waals surface area contributed by atoms with Crippen molar-refractivity contribution < 1.29 is 39.7 Å². The van der Waals surface area contributed by atoms with Crippen LogP contribution in [0.25, 0.3) is 0 Å². The first kappa shape index (κ1) is 27.6. The Morgan fingerprint density at radius 1 is 1.06 bits per heavy atom. The standard InChI is InChI=1S/C22H33BF4O5SSi/c1-19(2,3)34(8,9)30-18-15(24)12-13-14(23-31-20(4,5)21(6,7)32-23)10-11-16(17(13)18)33(28,29)22(25,26)27/h10-11,15,18H,12H2,1-9H3/t15-,18-/m1/s1. The van der Waals surface area contributed by atoms with Crippen molar-refractivity contribution in [3.63, 3.8) is 0 Å². The number of alkyl halides is 4. The SMILES string of the molecule is CC1(C)OB(c2ccc(S(=O)(=O)C(F)(F)F)c3c2C[C@@H](F)[C@H]3O[Si](C)(C)C(C)(C)C)OC1(C)C. The molecule has 1 aliphatic carbocycles. The van der Waals surface area contributed by atoms with Crippen LogP contribution in [-0.4, -0.2) is 46.7 Å². The summed E-state index contributed by atoms with van der Waals surface area (Å²) in [5, 5.41) is -0.373. The molecule has 0 unspecified atom stereocenters. The highest BCUT2D eigenvalue weighted by Gasteiger charge is 2.56. The summed E-state index contributed by atoms with van der Waals surface area (Å²) < 4.78 is 99.5. The molecule has 0 spiro atoms. The zero-order valence-corrected chi connectivity index (χ0v) is 22.9. The average molecular weight is 524 g/mol. The van der Waals surface area contributed by atoms with Gasteiger partial charge in [0.15, 0.2) is 8.32 Å². The number of sulfone groups is 1. The van der Waals surface area contributed by atoms with Crippen molar-refractivity contribution in [3.05, 3.63) is 23.3 Å². The summed E-state index contributed by atoms with van der Waals surface area (Å²) in [6.45, 7) is 16.7. The van der Waals surface area contributed by atoms with Gasteiger partial charge in [-0.05, 0) is 62.9 Å². The highest BCUT2D eigenvalue weighted by molar-refractivity contribution is 7.92. The molecule has 34 heavy (non-hydrogen) atoms. The van der Waals surface area contributed by atoms with Crippen LogP contribution in [0.4, 0.5) is 17.6 Å². The highest BCUT2D eigenvalue weighted by Crippen LogP contribution is 2.48. The fraction of sp³-hybridized carbons (Fsp3) is 0.727. The molecule has 3 rings (SSSR count). The molecule has 1 aromatic carbocycles. The Bertz CT molecular complexity index is 1060. The summed E-state index contributed by atoms with van der Waals surface area (Å²) in [6.07, 6.45) is -3.45. The Hall–Kier alpha value is -0.948. The van der Waals surface area contributed by atoms with Gasteiger partial charge in [0.25, 0.3) is 9.84 Å². The Morgan fingerprint density at radius 2 is 1.56 bits per heavy atom. The van der Waals surface area contributed by atoms with Crippen molar-refractivity contribution in [2.45, 2.75) is 107 Å². The maximum absolute atomic E-state index is 15.5. The highest BCUT2D eigenvalue weighted by atomic mass is 32.2. The van der Waals surface area contributed by atoms with E-state index in [0.29, 0.717) is 5.46 Å². The largest absolute Gasteiger partial charge is 0.501 e. The molecule has 0 bridgehead atoms. The van der Waals surface area contributed by atoms with E-state index in [1.54, 1.807) is 0 Å². The zero-order chi connectivity index (χ0) is 26.3. The van der Waals surface area contributed by atoms with Crippen LogP contribution in [0.2, 0.25) is 18.1 Å². The molecule has 1 aliphatic heterocycles. The Morgan fingerprint density at radius 3 is 2.00 bits per heavy atom. The number of benzene rings is 1. The van der Waals surface area contributed by atoms with Gasteiger partial charge in [-0.2, -0.15) is 13.2 Å². The van der Waals surface area contributed by atoms with Crippen LogP contribution in [0.5, 0.6) is 0 Å². The molecule has 2 aliphatic rings. The first-order chi connectivity index (χ1) is 15.0. The second-order valence-corrected chi connectivity index (χ2v) is 18.3. The van der Waals surface area contributed by atoms with Gasteiger partial charge in [-0.1, -0.05) is 26.8 Å². The van der Waals surface area contributed by atoms with Gasteiger partial charge in [-0.3, -0.25) is 0 Å². The molecule has 12 heteroatoms. The van der Waals surface area contributed by atoms with Crippen molar-refractivity contribution in [2.75, 3.05) is 0 Å². The number of halogens is 4. The lowest BCUT2D eigenvalue weighted by atomic mass is 9.75. The molecule has 1 aromatic rings. The van der Waals surface area contributed by atoms with Crippen molar-refractivity contribution >= 4 is 30.7 Å². The third kappa shape index (κ3) is 4.38. The second kappa shape index (κ2) is 8.03. The van der Waals surface area contributed by atoms with E-state index in [4.69, 9.17) is 13.7 Å². The van der Waals surface area contributed by atoms with Crippen LogP contribution in [0.1, 0.15) is 65.7 Å². The molecule has 0 radical (unpaired) electrons. The van der Waals surface area contributed by atoms with Gasteiger partial charge in [0.1, 0.15) is 12.3 Å². The van der Waals surface area contributed by atoms with Gasteiger partial charge in [-0.15, -0.1) is 0 Å². The molecule has 1 saturated heterocycles. The quantitative estimate of drug-likeness (QED) is 0.399. The van der Waals surface area contributed by atoms with Crippen molar-refractivity contribution in [3.8, 4) is 0 Å². The topological polar surface area (TPSA) is 61.8 Å². The predicted octanol–water partition coefficient (Wildman–Crippen LogP) is 5.24. The van der Waals surface area contributed by atoms with E-state index in [1.807, 2.05) is 61.6 Å². The normalized spacial score (nSPS) is 25.0. The first-order valence-electron chi connectivity index (χ1n) is 11.2. The van der Waals surface area contributed by atoms with Crippen LogP contribution < -0.4 is 5.46 Å². The van der Waals surface area contributed by atoms with Crippen LogP contribution in [0.15, 0.2) is 17.0 Å². The van der Waals surface area contributed by atoms with Gasteiger partial charge in [0, 0.05) is 12.0 Å². The molecular formula is C22H33BF4O5SSi. The lowest BCUT2D eigenvalue weighted by Crippen LogP contribution is -2.43. The van der Waals surface area contributed by atoms with Crippen LogP contribution in [0, 0.1) is 0 Å². The maximum atomic E-state index is 15.5. The van der Waals surface area contributed by atoms with E-state index >= 15 is 4.39 Å².